The number of fused-ring (bicyclic) bond motifs is 3. The van der Waals surface area contributed by atoms with Crippen molar-refractivity contribution in [1.29, 1.82) is 5.26 Å². The number of hydrogen-bond donors (Lipinski definition) is 1. The van der Waals surface area contributed by atoms with E-state index in [4.69, 9.17) is 11.0 Å². The number of nitrogens with two attached hydrogens (primary N) is 1. The van der Waals surface area contributed by atoms with Gasteiger partial charge in [0.25, 0.3) is 0 Å². The second-order valence-electron chi connectivity index (χ2n) is 5.68. The predicted octanol–water partition coefficient (Wildman–Crippen LogP) is 4.69. The summed E-state index contributed by atoms with van der Waals surface area (Å²) in [5.74, 6) is 0.656. The molecule has 4 nitrogen and oxygen atoms in total. The standard InChI is InChI=1S/C21H14N4S/c22-13-24-21(25-20(23)14-7-2-1-3-8-14)17-11-6-10-16-15-9-4-5-12-18(15)26-19(16)17/h1-12H,(H2,23,24,25). The van der Waals surface area contributed by atoms with Crippen molar-refractivity contribution in [2.75, 3.05) is 0 Å². The van der Waals surface area contributed by atoms with Crippen molar-refractivity contribution < 1.29 is 0 Å². The highest BCUT2D eigenvalue weighted by Gasteiger charge is 2.13. The lowest BCUT2D eigenvalue weighted by Gasteiger charge is -2.04. The van der Waals surface area contributed by atoms with Crippen LogP contribution in [0.2, 0.25) is 0 Å². The van der Waals surface area contributed by atoms with E-state index in [0.29, 0.717) is 11.7 Å². The van der Waals surface area contributed by atoms with Crippen molar-refractivity contribution >= 4 is 43.2 Å². The summed E-state index contributed by atoms with van der Waals surface area (Å²) in [4.78, 5) is 8.40. The van der Waals surface area contributed by atoms with E-state index in [1.54, 1.807) is 11.3 Å². The van der Waals surface area contributed by atoms with Gasteiger partial charge >= 0.3 is 0 Å². The van der Waals surface area contributed by atoms with Crippen LogP contribution in [0.4, 0.5) is 0 Å². The Hall–Kier alpha value is -3.49. The van der Waals surface area contributed by atoms with E-state index in [9.17, 15) is 0 Å². The summed E-state index contributed by atoms with van der Waals surface area (Å²) in [6.07, 6.45) is 1.85. The summed E-state index contributed by atoms with van der Waals surface area (Å²) in [7, 11) is 0. The van der Waals surface area contributed by atoms with E-state index in [2.05, 4.69) is 28.2 Å². The highest BCUT2D eigenvalue weighted by Crippen LogP contribution is 2.36. The van der Waals surface area contributed by atoms with E-state index >= 15 is 0 Å². The van der Waals surface area contributed by atoms with E-state index in [0.717, 1.165) is 21.2 Å². The van der Waals surface area contributed by atoms with E-state index in [1.165, 1.54) is 10.1 Å². The molecule has 0 aliphatic heterocycles. The van der Waals surface area contributed by atoms with Gasteiger partial charge in [0.15, 0.2) is 5.84 Å². The van der Waals surface area contributed by atoms with Gasteiger partial charge in [0.05, 0.1) is 0 Å². The van der Waals surface area contributed by atoms with E-state index < -0.39 is 0 Å². The molecule has 4 aromatic rings. The lowest BCUT2D eigenvalue weighted by Crippen LogP contribution is -2.16. The third-order valence-electron chi connectivity index (χ3n) is 4.10. The van der Waals surface area contributed by atoms with Gasteiger partial charge in [-0.2, -0.15) is 10.3 Å². The van der Waals surface area contributed by atoms with Crippen LogP contribution in [0.5, 0.6) is 0 Å². The normalized spacial score (nSPS) is 12.4. The van der Waals surface area contributed by atoms with Gasteiger partial charge in [0.1, 0.15) is 5.84 Å². The lowest BCUT2D eigenvalue weighted by atomic mass is 10.1. The Kier molecular flexibility index (Phi) is 4.18. The van der Waals surface area contributed by atoms with E-state index in [-0.39, 0.29) is 0 Å². The summed E-state index contributed by atoms with van der Waals surface area (Å²) >= 11 is 1.67. The van der Waals surface area contributed by atoms with Crippen LogP contribution < -0.4 is 5.73 Å². The Labute approximate surface area is 154 Å². The molecule has 2 N–H and O–H groups in total. The van der Waals surface area contributed by atoms with Gasteiger partial charge in [-0.1, -0.05) is 60.7 Å². The molecular weight excluding hydrogens is 340 g/mol. The molecule has 0 saturated carbocycles. The summed E-state index contributed by atoms with van der Waals surface area (Å²) in [5, 5.41) is 11.5. The maximum absolute atomic E-state index is 9.15. The molecule has 124 valence electrons. The van der Waals surface area contributed by atoms with Crippen LogP contribution in [0.3, 0.4) is 0 Å². The monoisotopic (exact) mass is 354 g/mol. The van der Waals surface area contributed by atoms with Crippen molar-refractivity contribution in [3.8, 4) is 6.19 Å². The Morgan fingerprint density at radius 1 is 0.885 bits per heavy atom. The molecule has 0 aliphatic rings. The van der Waals surface area contributed by atoms with E-state index in [1.807, 2.05) is 60.8 Å². The van der Waals surface area contributed by atoms with Crippen molar-refractivity contribution in [2.45, 2.75) is 0 Å². The summed E-state index contributed by atoms with van der Waals surface area (Å²) < 4.78 is 2.23. The van der Waals surface area contributed by atoms with Crippen LogP contribution in [-0.2, 0) is 0 Å². The summed E-state index contributed by atoms with van der Waals surface area (Å²) in [6.45, 7) is 0. The van der Waals surface area contributed by atoms with Crippen molar-refractivity contribution in [1.82, 2.24) is 0 Å². The van der Waals surface area contributed by atoms with Gasteiger partial charge in [-0.3, -0.25) is 0 Å². The lowest BCUT2D eigenvalue weighted by molar-refractivity contribution is 1.40. The number of rotatable bonds is 2. The quantitative estimate of drug-likeness (QED) is 0.322. The zero-order chi connectivity index (χ0) is 17.9. The van der Waals surface area contributed by atoms with Gasteiger partial charge in [-0.05, 0) is 12.1 Å². The molecule has 0 aliphatic carbocycles. The first kappa shape index (κ1) is 16.0. The minimum Gasteiger partial charge on any atom is -0.383 e. The molecule has 1 aromatic heterocycles. The Morgan fingerprint density at radius 2 is 1.62 bits per heavy atom. The number of hydrogen-bond acceptors (Lipinski definition) is 3. The summed E-state index contributed by atoms with van der Waals surface area (Å²) in [5.41, 5.74) is 7.75. The first-order chi connectivity index (χ1) is 12.8. The molecule has 0 fully saturated rings. The molecule has 1 heterocycles. The average molecular weight is 354 g/mol. The fourth-order valence-corrected chi connectivity index (χ4v) is 4.12. The highest BCUT2D eigenvalue weighted by molar-refractivity contribution is 7.26. The van der Waals surface area contributed by atoms with Crippen molar-refractivity contribution in [3.63, 3.8) is 0 Å². The minimum atomic E-state index is 0.325. The van der Waals surface area contributed by atoms with Crippen molar-refractivity contribution in [3.05, 3.63) is 83.9 Å². The third-order valence-corrected chi connectivity index (χ3v) is 5.32. The molecule has 0 unspecified atom stereocenters. The number of nitrogens with zero attached hydrogens (tertiary/aromatic N) is 3. The average Bonchev–Trinajstić information content (AvgIpc) is 3.07. The smallest absolute Gasteiger partial charge is 0.207 e. The highest BCUT2D eigenvalue weighted by atomic mass is 32.1. The number of aliphatic imine (C=N–C) groups is 2. The Balaban J connectivity index is 1.91. The molecule has 0 bridgehead atoms. The largest absolute Gasteiger partial charge is 0.383 e. The zero-order valence-corrected chi connectivity index (χ0v) is 14.6. The van der Waals surface area contributed by atoms with Crippen LogP contribution in [0.25, 0.3) is 20.2 Å². The molecular formula is C21H14N4S. The SMILES string of the molecule is N#CN=C(N=C(N)c1ccccc1)c1cccc2c1sc1ccccc12. The van der Waals surface area contributed by atoms with Gasteiger partial charge in [0, 0.05) is 31.3 Å². The summed E-state index contributed by atoms with van der Waals surface area (Å²) in [6, 6.07) is 23.7. The van der Waals surface area contributed by atoms with Crippen LogP contribution in [0, 0.1) is 11.5 Å². The number of amidine groups is 2. The van der Waals surface area contributed by atoms with Crippen LogP contribution in [0.1, 0.15) is 11.1 Å². The predicted molar refractivity (Wildman–Crippen MR) is 109 cm³/mol. The number of benzene rings is 3. The maximum Gasteiger partial charge on any atom is 0.207 e. The van der Waals surface area contributed by atoms with Gasteiger partial charge in [-0.15, -0.1) is 11.3 Å². The molecule has 0 atom stereocenters. The molecule has 0 radical (unpaired) electrons. The number of nitriles is 1. The van der Waals surface area contributed by atoms with Crippen LogP contribution >= 0.6 is 11.3 Å². The molecule has 4 rings (SSSR count). The Bertz CT molecular complexity index is 1200. The third kappa shape index (κ3) is 2.83. The van der Waals surface area contributed by atoms with Crippen LogP contribution in [0.15, 0.2) is 82.8 Å². The first-order valence-corrected chi connectivity index (χ1v) is 8.86. The van der Waals surface area contributed by atoms with Gasteiger partial charge in [0.2, 0.25) is 6.19 Å². The zero-order valence-electron chi connectivity index (χ0n) is 13.8. The molecule has 0 saturated heterocycles. The molecule has 3 aromatic carbocycles. The van der Waals surface area contributed by atoms with Crippen molar-refractivity contribution in [2.24, 2.45) is 15.7 Å². The van der Waals surface area contributed by atoms with Crippen LogP contribution in [-0.4, -0.2) is 11.7 Å². The molecule has 0 amide bonds. The topological polar surface area (TPSA) is 74.5 Å². The second-order valence-corrected chi connectivity index (χ2v) is 6.73. The van der Waals surface area contributed by atoms with Gasteiger partial charge < -0.3 is 5.73 Å². The first-order valence-electron chi connectivity index (χ1n) is 8.05. The number of thiophene rings is 1. The fraction of sp³-hybridized carbons (Fsp3) is 0. The Morgan fingerprint density at radius 3 is 2.42 bits per heavy atom. The molecule has 0 spiro atoms. The minimum absolute atomic E-state index is 0.325. The maximum atomic E-state index is 9.15. The second kappa shape index (κ2) is 6.79. The molecule has 5 heteroatoms. The fourth-order valence-electron chi connectivity index (χ4n) is 2.90. The van der Waals surface area contributed by atoms with Gasteiger partial charge in [-0.25, -0.2) is 4.99 Å². The molecule has 26 heavy (non-hydrogen) atoms.